The van der Waals surface area contributed by atoms with Crippen molar-refractivity contribution in [1.82, 2.24) is 4.90 Å². The summed E-state index contributed by atoms with van der Waals surface area (Å²) >= 11 is 0. The lowest BCUT2D eigenvalue weighted by atomic mass is 10.1. The molecule has 2 heteroatoms. The highest BCUT2D eigenvalue weighted by molar-refractivity contribution is 5.79. The van der Waals surface area contributed by atoms with Crippen LogP contribution in [0.3, 0.4) is 0 Å². The van der Waals surface area contributed by atoms with Gasteiger partial charge in [0, 0.05) is 18.5 Å². The fraction of sp³-hybridized carbons (Fsp3) is 0.588. The molecule has 0 spiro atoms. The summed E-state index contributed by atoms with van der Waals surface area (Å²) in [7, 11) is 0. The molecule has 2 rings (SSSR count). The number of aryl methyl sites for hydroxylation is 1. The molecule has 104 valence electrons. The van der Waals surface area contributed by atoms with Crippen LogP contribution in [0, 0.1) is 5.92 Å². The van der Waals surface area contributed by atoms with Gasteiger partial charge in [-0.3, -0.25) is 4.79 Å². The molecule has 1 unspecified atom stereocenters. The number of hydrogen-bond acceptors (Lipinski definition) is 1. The third kappa shape index (κ3) is 3.59. The zero-order valence-electron chi connectivity index (χ0n) is 12.4. The third-order valence-electron chi connectivity index (χ3n) is 4.09. The van der Waals surface area contributed by atoms with Crippen LogP contribution in [0.15, 0.2) is 24.3 Å². The van der Waals surface area contributed by atoms with Crippen molar-refractivity contribution < 1.29 is 4.79 Å². The van der Waals surface area contributed by atoms with Crippen LogP contribution < -0.4 is 0 Å². The molecule has 0 saturated heterocycles. The molecule has 2 nitrogen and oxygen atoms in total. The summed E-state index contributed by atoms with van der Waals surface area (Å²) in [5.41, 5.74) is 2.61. The average Bonchev–Trinajstić information content (AvgIpc) is 3.28. The number of amides is 1. The topological polar surface area (TPSA) is 20.3 Å². The van der Waals surface area contributed by atoms with E-state index in [0.29, 0.717) is 11.9 Å². The van der Waals surface area contributed by atoms with Gasteiger partial charge in [-0.05, 0) is 36.8 Å². The van der Waals surface area contributed by atoms with Crippen molar-refractivity contribution in [3.63, 3.8) is 0 Å². The SMILES string of the molecule is CCc1ccc(CN(C(=O)C(C)CC)C2CC2)cc1. The molecule has 1 aliphatic rings. The summed E-state index contributed by atoms with van der Waals surface area (Å²) in [6.07, 6.45) is 4.35. The lowest BCUT2D eigenvalue weighted by Gasteiger charge is -2.25. The van der Waals surface area contributed by atoms with Gasteiger partial charge in [-0.15, -0.1) is 0 Å². The highest BCUT2D eigenvalue weighted by Crippen LogP contribution is 2.30. The summed E-state index contributed by atoms with van der Waals surface area (Å²) in [5.74, 6) is 0.472. The van der Waals surface area contributed by atoms with Crippen molar-refractivity contribution in [2.45, 2.75) is 59.0 Å². The highest BCUT2D eigenvalue weighted by atomic mass is 16.2. The number of benzene rings is 1. The van der Waals surface area contributed by atoms with Crippen LogP contribution in [0.1, 0.15) is 51.2 Å². The van der Waals surface area contributed by atoms with Crippen LogP contribution in [0.25, 0.3) is 0 Å². The van der Waals surface area contributed by atoms with Gasteiger partial charge in [0.1, 0.15) is 0 Å². The number of carbonyl (C=O) groups excluding carboxylic acids is 1. The molecule has 1 aliphatic carbocycles. The molecular weight excluding hydrogens is 234 g/mol. The first-order valence-electron chi connectivity index (χ1n) is 7.54. The van der Waals surface area contributed by atoms with E-state index in [1.807, 2.05) is 6.92 Å². The Morgan fingerprint density at radius 1 is 1.21 bits per heavy atom. The molecule has 1 amide bonds. The maximum Gasteiger partial charge on any atom is 0.225 e. The minimum Gasteiger partial charge on any atom is -0.335 e. The molecule has 0 aromatic heterocycles. The first-order valence-corrected chi connectivity index (χ1v) is 7.54. The predicted octanol–water partition coefficient (Wildman–Crippen LogP) is 3.79. The van der Waals surface area contributed by atoms with E-state index in [-0.39, 0.29) is 5.92 Å². The molecule has 0 N–H and O–H groups in total. The van der Waals surface area contributed by atoms with E-state index >= 15 is 0 Å². The van der Waals surface area contributed by atoms with Gasteiger partial charge in [0.05, 0.1) is 0 Å². The predicted molar refractivity (Wildman–Crippen MR) is 78.8 cm³/mol. The van der Waals surface area contributed by atoms with Crippen LogP contribution >= 0.6 is 0 Å². The van der Waals surface area contributed by atoms with E-state index in [9.17, 15) is 4.79 Å². The quantitative estimate of drug-likeness (QED) is 0.761. The van der Waals surface area contributed by atoms with Crippen LogP contribution in [-0.4, -0.2) is 16.8 Å². The lowest BCUT2D eigenvalue weighted by molar-refractivity contribution is -0.136. The minimum atomic E-state index is 0.149. The summed E-state index contributed by atoms with van der Waals surface area (Å²) in [6.45, 7) is 7.07. The van der Waals surface area contributed by atoms with Gasteiger partial charge in [-0.1, -0.05) is 45.0 Å². The molecule has 0 radical (unpaired) electrons. The Kier molecular flexibility index (Phi) is 4.62. The fourth-order valence-electron chi connectivity index (χ4n) is 2.31. The molecule has 0 heterocycles. The number of carbonyl (C=O) groups is 1. The summed E-state index contributed by atoms with van der Waals surface area (Å²) < 4.78 is 0. The molecule has 0 aliphatic heterocycles. The van der Waals surface area contributed by atoms with Crippen LogP contribution in [0.4, 0.5) is 0 Å². The van der Waals surface area contributed by atoms with Crippen molar-refractivity contribution in [2.24, 2.45) is 5.92 Å². The van der Waals surface area contributed by atoms with E-state index in [2.05, 4.69) is 43.0 Å². The number of nitrogens with zero attached hydrogens (tertiary/aromatic N) is 1. The Morgan fingerprint density at radius 2 is 1.79 bits per heavy atom. The summed E-state index contributed by atoms with van der Waals surface area (Å²) in [6, 6.07) is 9.17. The zero-order chi connectivity index (χ0) is 13.8. The summed E-state index contributed by atoms with van der Waals surface area (Å²) in [5, 5.41) is 0. The van der Waals surface area contributed by atoms with Gasteiger partial charge >= 0.3 is 0 Å². The second kappa shape index (κ2) is 6.23. The molecule has 1 aromatic carbocycles. The van der Waals surface area contributed by atoms with Gasteiger partial charge in [-0.2, -0.15) is 0 Å². The number of rotatable bonds is 6. The first-order chi connectivity index (χ1) is 9.15. The Morgan fingerprint density at radius 3 is 2.26 bits per heavy atom. The molecule has 1 saturated carbocycles. The molecular formula is C17H25NO. The van der Waals surface area contributed by atoms with Gasteiger partial charge in [0.25, 0.3) is 0 Å². The zero-order valence-corrected chi connectivity index (χ0v) is 12.4. The normalized spacial score (nSPS) is 16.2. The van der Waals surface area contributed by atoms with E-state index < -0.39 is 0 Å². The van der Waals surface area contributed by atoms with E-state index in [1.54, 1.807) is 0 Å². The van der Waals surface area contributed by atoms with Crippen molar-refractivity contribution in [3.8, 4) is 0 Å². The third-order valence-corrected chi connectivity index (χ3v) is 4.09. The Labute approximate surface area is 116 Å². The van der Waals surface area contributed by atoms with E-state index in [1.165, 1.54) is 24.0 Å². The van der Waals surface area contributed by atoms with Crippen LogP contribution in [0.5, 0.6) is 0 Å². The summed E-state index contributed by atoms with van der Waals surface area (Å²) in [4.78, 5) is 14.5. The lowest BCUT2D eigenvalue weighted by Crippen LogP contribution is -2.36. The number of hydrogen-bond donors (Lipinski definition) is 0. The average molecular weight is 259 g/mol. The molecule has 0 bridgehead atoms. The maximum absolute atomic E-state index is 12.4. The van der Waals surface area contributed by atoms with Gasteiger partial charge in [0.15, 0.2) is 0 Å². The second-order valence-electron chi connectivity index (χ2n) is 5.68. The van der Waals surface area contributed by atoms with Gasteiger partial charge < -0.3 is 4.90 Å². The standard InChI is InChI=1S/C17H25NO/c1-4-13(3)17(19)18(16-10-11-16)12-15-8-6-14(5-2)7-9-15/h6-9,13,16H,4-5,10-12H2,1-3H3. The van der Waals surface area contributed by atoms with E-state index in [4.69, 9.17) is 0 Å². The molecule has 1 fully saturated rings. The van der Waals surface area contributed by atoms with Crippen molar-refractivity contribution >= 4 is 5.91 Å². The monoisotopic (exact) mass is 259 g/mol. The molecule has 1 aromatic rings. The Hall–Kier alpha value is -1.31. The first kappa shape index (κ1) is 14.1. The highest BCUT2D eigenvalue weighted by Gasteiger charge is 2.33. The van der Waals surface area contributed by atoms with Gasteiger partial charge in [0.2, 0.25) is 5.91 Å². The van der Waals surface area contributed by atoms with Crippen molar-refractivity contribution in [3.05, 3.63) is 35.4 Å². The fourth-order valence-corrected chi connectivity index (χ4v) is 2.31. The van der Waals surface area contributed by atoms with Crippen LogP contribution in [0.2, 0.25) is 0 Å². The Balaban J connectivity index is 2.05. The maximum atomic E-state index is 12.4. The molecule has 19 heavy (non-hydrogen) atoms. The smallest absolute Gasteiger partial charge is 0.225 e. The van der Waals surface area contributed by atoms with Crippen molar-refractivity contribution in [1.29, 1.82) is 0 Å². The minimum absolute atomic E-state index is 0.149. The van der Waals surface area contributed by atoms with Crippen LogP contribution in [-0.2, 0) is 17.8 Å². The largest absolute Gasteiger partial charge is 0.335 e. The van der Waals surface area contributed by atoms with Gasteiger partial charge in [-0.25, -0.2) is 0 Å². The molecule has 1 atom stereocenters. The van der Waals surface area contributed by atoms with E-state index in [0.717, 1.165) is 19.4 Å². The second-order valence-corrected chi connectivity index (χ2v) is 5.68. The van der Waals surface area contributed by atoms with Crippen molar-refractivity contribution in [2.75, 3.05) is 0 Å². The Bertz CT molecular complexity index is 419.